The van der Waals surface area contributed by atoms with Crippen molar-refractivity contribution in [3.63, 3.8) is 0 Å². The highest BCUT2D eigenvalue weighted by atomic mass is 16.5. The summed E-state index contributed by atoms with van der Waals surface area (Å²) in [6.45, 7) is 5.48. The van der Waals surface area contributed by atoms with Crippen LogP contribution in [-0.4, -0.2) is 59.6 Å². The molecule has 1 aromatic heterocycles. The Morgan fingerprint density at radius 1 is 0.973 bits per heavy atom. The molecule has 7 nitrogen and oxygen atoms in total. The van der Waals surface area contributed by atoms with Gasteiger partial charge in [0.05, 0.1) is 29.7 Å². The molecule has 0 aliphatic carbocycles. The van der Waals surface area contributed by atoms with Gasteiger partial charge in [-0.2, -0.15) is 0 Å². The lowest BCUT2D eigenvalue weighted by molar-refractivity contribution is -0.133. The summed E-state index contributed by atoms with van der Waals surface area (Å²) in [5.41, 5.74) is 1.19. The van der Waals surface area contributed by atoms with Crippen molar-refractivity contribution in [2.24, 2.45) is 0 Å². The average molecular weight is 507 g/mol. The van der Waals surface area contributed by atoms with E-state index in [0.717, 1.165) is 25.8 Å². The zero-order chi connectivity index (χ0) is 26.8. The molecule has 1 atom stereocenters. The normalized spacial score (nSPS) is 12.2. The molecule has 3 rings (SSSR count). The zero-order valence-electron chi connectivity index (χ0n) is 23.1. The summed E-state index contributed by atoms with van der Waals surface area (Å²) in [7, 11) is 5.62. The van der Waals surface area contributed by atoms with Crippen LogP contribution in [0, 0.1) is 0 Å². The van der Waals surface area contributed by atoms with Crippen molar-refractivity contribution in [1.82, 2.24) is 19.4 Å². The first-order valence-electron chi connectivity index (χ1n) is 13.5. The Hall–Kier alpha value is -3.19. The van der Waals surface area contributed by atoms with E-state index in [2.05, 4.69) is 11.8 Å². The molecule has 0 bridgehead atoms. The molecule has 37 heavy (non-hydrogen) atoms. The zero-order valence-corrected chi connectivity index (χ0v) is 23.1. The average Bonchev–Trinajstić information content (AvgIpc) is 2.90. The number of rotatable bonds is 14. The van der Waals surface area contributed by atoms with E-state index in [1.807, 2.05) is 68.4 Å². The molecule has 1 heterocycles. The maximum atomic E-state index is 13.7. The number of carbonyl (C=O) groups excluding carboxylic acids is 1. The highest BCUT2D eigenvalue weighted by Crippen LogP contribution is 2.25. The lowest BCUT2D eigenvalue weighted by Gasteiger charge is -2.31. The monoisotopic (exact) mass is 506 g/mol. The molecule has 3 aromatic rings. The van der Waals surface area contributed by atoms with Gasteiger partial charge in [-0.15, -0.1) is 0 Å². The molecule has 1 amide bonds. The van der Waals surface area contributed by atoms with Crippen LogP contribution in [0.2, 0.25) is 0 Å². The number of ether oxygens (including phenoxy) is 1. The van der Waals surface area contributed by atoms with Crippen molar-refractivity contribution in [2.45, 2.75) is 64.8 Å². The molecule has 200 valence electrons. The summed E-state index contributed by atoms with van der Waals surface area (Å²) in [5.74, 6) is 1.37. The number of unbranched alkanes of at least 4 members (excludes halogenated alkanes) is 5. The number of nitrogens with zero attached hydrogens (tertiary/aromatic N) is 4. The van der Waals surface area contributed by atoms with Crippen LogP contribution >= 0.6 is 0 Å². The van der Waals surface area contributed by atoms with Crippen molar-refractivity contribution >= 4 is 16.8 Å². The summed E-state index contributed by atoms with van der Waals surface area (Å²) in [6, 6.07) is 14.4. The van der Waals surface area contributed by atoms with Crippen LogP contribution in [0.15, 0.2) is 53.3 Å². The summed E-state index contributed by atoms with van der Waals surface area (Å²) in [6.07, 6.45) is 7.29. The number of likely N-dealkylation sites (N-methyl/N-ethyl adjacent to an activating group) is 1. The Labute approximate surface area is 221 Å². The molecular weight excluding hydrogens is 464 g/mol. The van der Waals surface area contributed by atoms with Gasteiger partial charge in [-0.25, -0.2) is 4.98 Å². The fraction of sp³-hybridized carbons (Fsp3) is 0.500. The number of amides is 1. The van der Waals surface area contributed by atoms with Gasteiger partial charge >= 0.3 is 0 Å². The highest BCUT2D eigenvalue weighted by Gasteiger charge is 2.26. The van der Waals surface area contributed by atoms with E-state index in [0.29, 0.717) is 41.1 Å². The standard InChI is InChI=1S/C30H42N4O3/c1-6-7-8-9-10-11-16-28(35)33(22-21-32(3)4)23(2)29-31-27-15-13-12-14-26(27)30(36)34(29)24-17-19-25(37-5)20-18-24/h12-15,17-20,23H,6-11,16,21-22H2,1-5H3. The van der Waals surface area contributed by atoms with E-state index in [1.54, 1.807) is 17.7 Å². The van der Waals surface area contributed by atoms with Crippen LogP contribution < -0.4 is 10.3 Å². The molecular formula is C30H42N4O3. The third-order valence-electron chi connectivity index (χ3n) is 6.83. The Kier molecular flexibility index (Phi) is 10.7. The van der Waals surface area contributed by atoms with Crippen LogP contribution in [0.25, 0.3) is 16.6 Å². The number of fused-ring (bicyclic) bond motifs is 1. The molecule has 0 spiro atoms. The number of para-hydroxylation sites is 1. The van der Waals surface area contributed by atoms with Gasteiger partial charge in [-0.05, 0) is 63.8 Å². The second kappa shape index (κ2) is 13.9. The fourth-order valence-corrected chi connectivity index (χ4v) is 4.59. The molecule has 0 fully saturated rings. The van der Waals surface area contributed by atoms with E-state index >= 15 is 0 Å². The maximum Gasteiger partial charge on any atom is 0.266 e. The van der Waals surface area contributed by atoms with Gasteiger partial charge in [-0.3, -0.25) is 14.2 Å². The number of aromatic nitrogens is 2. The first-order valence-corrected chi connectivity index (χ1v) is 13.5. The van der Waals surface area contributed by atoms with Crippen molar-refractivity contribution in [3.8, 4) is 11.4 Å². The van der Waals surface area contributed by atoms with E-state index in [1.165, 1.54) is 19.3 Å². The first-order chi connectivity index (χ1) is 17.9. The predicted molar refractivity (Wildman–Crippen MR) is 151 cm³/mol. The SMILES string of the molecule is CCCCCCCCC(=O)N(CCN(C)C)C(C)c1nc2ccccc2c(=O)n1-c1ccc(OC)cc1. The summed E-state index contributed by atoms with van der Waals surface area (Å²) >= 11 is 0. The number of hydrogen-bond acceptors (Lipinski definition) is 5. The number of carbonyl (C=O) groups is 1. The maximum absolute atomic E-state index is 13.7. The summed E-state index contributed by atoms with van der Waals surface area (Å²) in [4.78, 5) is 36.2. The van der Waals surface area contributed by atoms with E-state index in [4.69, 9.17) is 9.72 Å². The predicted octanol–water partition coefficient (Wildman–Crippen LogP) is 5.60. The van der Waals surface area contributed by atoms with E-state index < -0.39 is 0 Å². The van der Waals surface area contributed by atoms with Gasteiger partial charge in [-0.1, -0.05) is 51.2 Å². The lowest BCUT2D eigenvalue weighted by Crippen LogP contribution is -2.40. The van der Waals surface area contributed by atoms with Gasteiger partial charge in [0.2, 0.25) is 5.91 Å². The van der Waals surface area contributed by atoms with E-state index in [9.17, 15) is 9.59 Å². The van der Waals surface area contributed by atoms with Crippen LogP contribution in [0.3, 0.4) is 0 Å². The smallest absolute Gasteiger partial charge is 0.266 e. The fourth-order valence-electron chi connectivity index (χ4n) is 4.59. The number of hydrogen-bond donors (Lipinski definition) is 0. The topological polar surface area (TPSA) is 67.7 Å². The molecule has 1 unspecified atom stereocenters. The summed E-state index contributed by atoms with van der Waals surface area (Å²) < 4.78 is 6.96. The number of benzene rings is 2. The Morgan fingerprint density at radius 3 is 2.32 bits per heavy atom. The second-order valence-electron chi connectivity index (χ2n) is 9.91. The molecule has 0 aliphatic heterocycles. The van der Waals surface area contributed by atoms with Gasteiger partial charge in [0, 0.05) is 19.5 Å². The van der Waals surface area contributed by atoms with Crippen molar-refractivity contribution < 1.29 is 9.53 Å². The van der Waals surface area contributed by atoms with Crippen LogP contribution in [-0.2, 0) is 4.79 Å². The lowest BCUT2D eigenvalue weighted by atomic mass is 10.1. The minimum absolute atomic E-state index is 0.105. The van der Waals surface area contributed by atoms with E-state index in [-0.39, 0.29) is 17.5 Å². The minimum Gasteiger partial charge on any atom is -0.497 e. The van der Waals surface area contributed by atoms with Crippen LogP contribution in [0.1, 0.15) is 70.7 Å². The van der Waals surface area contributed by atoms with Gasteiger partial charge in [0.15, 0.2) is 0 Å². The molecule has 0 N–H and O–H groups in total. The van der Waals surface area contributed by atoms with Gasteiger partial charge in [0.25, 0.3) is 5.56 Å². The molecule has 7 heteroatoms. The quantitative estimate of drug-likeness (QED) is 0.266. The second-order valence-corrected chi connectivity index (χ2v) is 9.91. The number of methoxy groups -OCH3 is 1. The van der Waals surface area contributed by atoms with Crippen molar-refractivity contribution in [2.75, 3.05) is 34.3 Å². The van der Waals surface area contributed by atoms with Crippen LogP contribution in [0.5, 0.6) is 5.75 Å². The third-order valence-corrected chi connectivity index (χ3v) is 6.83. The largest absolute Gasteiger partial charge is 0.497 e. The molecule has 2 aromatic carbocycles. The van der Waals surface area contributed by atoms with Crippen molar-refractivity contribution in [3.05, 3.63) is 64.7 Å². The molecule has 0 radical (unpaired) electrons. The first kappa shape index (κ1) is 28.4. The van der Waals surface area contributed by atoms with Gasteiger partial charge in [0.1, 0.15) is 11.6 Å². The molecule has 0 aliphatic rings. The molecule has 0 saturated heterocycles. The van der Waals surface area contributed by atoms with Crippen LogP contribution in [0.4, 0.5) is 0 Å². The Morgan fingerprint density at radius 2 is 1.65 bits per heavy atom. The minimum atomic E-state index is -0.382. The summed E-state index contributed by atoms with van der Waals surface area (Å²) in [5, 5.41) is 0.549. The van der Waals surface area contributed by atoms with Gasteiger partial charge < -0.3 is 14.5 Å². The Bertz CT molecular complexity index is 1200. The highest BCUT2D eigenvalue weighted by molar-refractivity contribution is 5.79. The third kappa shape index (κ3) is 7.41. The molecule has 0 saturated carbocycles. The van der Waals surface area contributed by atoms with Crippen molar-refractivity contribution in [1.29, 1.82) is 0 Å². The Balaban J connectivity index is 1.99.